The van der Waals surface area contributed by atoms with E-state index < -0.39 is 5.41 Å². The van der Waals surface area contributed by atoms with Crippen LogP contribution in [-0.2, 0) is 16.1 Å². The molecule has 15 heavy (non-hydrogen) atoms. The smallest absolute Gasteiger partial charge is 0.313 e. The quantitative estimate of drug-likeness (QED) is 0.756. The molecule has 0 aliphatic carbocycles. The SMILES string of the molecule is COC(=O)C(C)(C)Cn1cc(N)c(C)n1. The first kappa shape index (κ1) is 11.6. The molecule has 1 rings (SSSR count). The van der Waals surface area contributed by atoms with Gasteiger partial charge in [-0.3, -0.25) is 9.48 Å². The van der Waals surface area contributed by atoms with Gasteiger partial charge in [0.15, 0.2) is 0 Å². The molecule has 1 heterocycles. The Morgan fingerprint density at radius 1 is 1.67 bits per heavy atom. The van der Waals surface area contributed by atoms with E-state index in [1.807, 2.05) is 20.8 Å². The molecule has 5 nitrogen and oxygen atoms in total. The number of anilines is 1. The van der Waals surface area contributed by atoms with Crippen LogP contribution < -0.4 is 5.73 Å². The van der Waals surface area contributed by atoms with Crippen LogP contribution in [0.2, 0.25) is 0 Å². The summed E-state index contributed by atoms with van der Waals surface area (Å²) in [7, 11) is 1.38. The van der Waals surface area contributed by atoms with E-state index in [2.05, 4.69) is 5.10 Å². The first-order valence-electron chi connectivity index (χ1n) is 4.75. The van der Waals surface area contributed by atoms with E-state index in [-0.39, 0.29) is 5.97 Å². The van der Waals surface area contributed by atoms with Gasteiger partial charge in [0.2, 0.25) is 0 Å². The van der Waals surface area contributed by atoms with Crippen LogP contribution in [0, 0.1) is 12.3 Å². The summed E-state index contributed by atoms with van der Waals surface area (Å²) >= 11 is 0. The molecule has 0 unspecified atom stereocenters. The van der Waals surface area contributed by atoms with E-state index in [4.69, 9.17) is 10.5 Å². The molecule has 0 aromatic carbocycles. The number of aryl methyl sites for hydroxylation is 1. The van der Waals surface area contributed by atoms with E-state index in [9.17, 15) is 4.79 Å². The molecule has 0 aliphatic rings. The molecule has 0 amide bonds. The molecule has 0 atom stereocenters. The average molecular weight is 211 g/mol. The molecule has 0 spiro atoms. The van der Waals surface area contributed by atoms with Crippen molar-refractivity contribution in [3.63, 3.8) is 0 Å². The number of hydrogen-bond acceptors (Lipinski definition) is 4. The monoisotopic (exact) mass is 211 g/mol. The predicted molar refractivity (Wildman–Crippen MR) is 57.2 cm³/mol. The van der Waals surface area contributed by atoms with E-state index in [0.717, 1.165) is 5.69 Å². The van der Waals surface area contributed by atoms with Crippen molar-refractivity contribution >= 4 is 11.7 Å². The molecule has 0 aliphatic heterocycles. The number of nitrogens with zero attached hydrogens (tertiary/aromatic N) is 2. The van der Waals surface area contributed by atoms with Crippen LogP contribution in [0.15, 0.2) is 6.20 Å². The third-order valence-electron chi connectivity index (χ3n) is 2.28. The molecule has 84 valence electrons. The Balaban J connectivity index is 2.81. The van der Waals surface area contributed by atoms with Crippen LogP contribution in [0.4, 0.5) is 5.69 Å². The summed E-state index contributed by atoms with van der Waals surface area (Å²) in [6, 6.07) is 0. The summed E-state index contributed by atoms with van der Waals surface area (Å²) < 4.78 is 6.38. The third-order valence-corrected chi connectivity index (χ3v) is 2.28. The minimum Gasteiger partial charge on any atom is -0.469 e. The van der Waals surface area contributed by atoms with Crippen LogP contribution in [-0.4, -0.2) is 22.9 Å². The highest BCUT2D eigenvalue weighted by atomic mass is 16.5. The number of carbonyl (C=O) groups excluding carboxylic acids is 1. The van der Waals surface area contributed by atoms with Gasteiger partial charge in [0.1, 0.15) is 0 Å². The first-order valence-corrected chi connectivity index (χ1v) is 4.75. The summed E-state index contributed by atoms with van der Waals surface area (Å²) in [5, 5.41) is 4.20. The zero-order valence-corrected chi connectivity index (χ0v) is 9.57. The van der Waals surface area contributed by atoms with Crippen LogP contribution >= 0.6 is 0 Å². The van der Waals surface area contributed by atoms with Crippen molar-refractivity contribution in [2.75, 3.05) is 12.8 Å². The summed E-state index contributed by atoms with van der Waals surface area (Å²) in [4.78, 5) is 11.4. The van der Waals surface area contributed by atoms with Gasteiger partial charge in [-0.1, -0.05) is 0 Å². The van der Waals surface area contributed by atoms with Gasteiger partial charge in [-0.25, -0.2) is 0 Å². The number of aromatic nitrogens is 2. The number of ether oxygens (including phenoxy) is 1. The minimum absolute atomic E-state index is 0.255. The number of methoxy groups -OCH3 is 1. The Kier molecular flexibility index (Phi) is 3.02. The minimum atomic E-state index is -0.598. The second-order valence-corrected chi connectivity index (χ2v) is 4.24. The topological polar surface area (TPSA) is 70.1 Å². The van der Waals surface area contributed by atoms with E-state index in [1.54, 1.807) is 10.9 Å². The van der Waals surface area contributed by atoms with Gasteiger partial charge < -0.3 is 10.5 Å². The summed E-state index contributed by atoms with van der Waals surface area (Å²) in [5.74, 6) is -0.255. The molecular formula is C10H17N3O2. The fourth-order valence-electron chi connectivity index (χ4n) is 1.36. The molecule has 2 N–H and O–H groups in total. The standard InChI is InChI=1S/C10H17N3O2/c1-7-8(11)5-13(12-7)6-10(2,3)9(14)15-4/h5H,6,11H2,1-4H3. The molecular weight excluding hydrogens is 194 g/mol. The van der Waals surface area contributed by atoms with Crippen molar-refractivity contribution in [1.29, 1.82) is 0 Å². The third kappa shape index (κ3) is 2.49. The van der Waals surface area contributed by atoms with E-state index in [1.165, 1.54) is 7.11 Å². The van der Waals surface area contributed by atoms with Gasteiger partial charge in [0.25, 0.3) is 0 Å². The van der Waals surface area contributed by atoms with Gasteiger partial charge in [-0.2, -0.15) is 5.10 Å². The predicted octanol–water partition coefficient (Wildman–Crippen LogP) is 0.973. The Morgan fingerprint density at radius 3 is 2.67 bits per heavy atom. The van der Waals surface area contributed by atoms with Crippen molar-refractivity contribution < 1.29 is 9.53 Å². The maximum absolute atomic E-state index is 11.4. The first-order chi connectivity index (χ1) is 6.86. The second-order valence-electron chi connectivity index (χ2n) is 4.24. The van der Waals surface area contributed by atoms with Crippen molar-refractivity contribution in [2.24, 2.45) is 5.41 Å². The highest BCUT2D eigenvalue weighted by molar-refractivity contribution is 5.75. The number of hydrogen-bond donors (Lipinski definition) is 1. The number of rotatable bonds is 3. The lowest BCUT2D eigenvalue weighted by Crippen LogP contribution is -2.30. The van der Waals surface area contributed by atoms with Crippen LogP contribution in [0.1, 0.15) is 19.5 Å². The Bertz CT molecular complexity index is 349. The van der Waals surface area contributed by atoms with Crippen molar-refractivity contribution in [1.82, 2.24) is 9.78 Å². The number of esters is 1. The van der Waals surface area contributed by atoms with E-state index >= 15 is 0 Å². The highest BCUT2D eigenvalue weighted by Crippen LogP contribution is 2.20. The summed E-state index contributed by atoms with van der Waals surface area (Å²) in [6.07, 6.45) is 1.72. The highest BCUT2D eigenvalue weighted by Gasteiger charge is 2.29. The molecule has 0 saturated heterocycles. The molecule has 1 aromatic heterocycles. The van der Waals surface area contributed by atoms with Gasteiger partial charge in [-0.15, -0.1) is 0 Å². The van der Waals surface area contributed by atoms with Crippen LogP contribution in [0.5, 0.6) is 0 Å². The summed E-state index contributed by atoms with van der Waals surface area (Å²) in [6.45, 7) is 5.91. The Hall–Kier alpha value is -1.52. The Morgan fingerprint density at radius 2 is 2.27 bits per heavy atom. The molecule has 0 fully saturated rings. The molecule has 5 heteroatoms. The Labute approximate surface area is 89.2 Å². The van der Waals surface area contributed by atoms with Crippen molar-refractivity contribution in [3.05, 3.63) is 11.9 Å². The van der Waals surface area contributed by atoms with Gasteiger partial charge >= 0.3 is 5.97 Å². The fourth-order valence-corrected chi connectivity index (χ4v) is 1.36. The molecule has 1 aromatic rings. The number of carbonyl (C=O) groups is 1. The average Bonchev–Trinajstić information content (AvgIpc) is 2.43. The lowest BCUT2D eigenvalue weighted by Gasteiger charge is -2.20. The van der Waals surface area contributed by atoms with Gasteiger partial charge in [-0.05, 0) is 20.8 Å². The maximum Gasteiger partial charge on any atom is 0.313 e. The zero-order valence-electron chi connectivity index (χ0n) is 9.57. The largest absolute Gasteiger partial charge is 0.469 e. The fraction of sp³-hybridized carbons (Fsp3) is 0.600. The summed E-state index contributed by atoms with van der Waals surface area (Å²) in [5.41, 5.74) is 6.48. The van der Waals surface area contributed by atoms with Crippen LogP contribution in [0.25, 0.3) is 0 Å². The lowest BCUT2D eigenvalue weighted by atomic mass is 9.94. The van der Waals surface area contributed by atoms with Crippen molar-refractivity contribution in [3.8, 4) is 0 Å². The number of nitrogen functional groups attached to an aromatic ring is 1. The van der Waals surface area contributed by atoms with Crippen LogP contribution in [0.3, 0.4) is 0 Å². The molecule has 0 bridgehead atoms. The maximum atomic E-state index is 11.4. The van der Waals surface area contributed by atoms with Crippen molar-refractivity contribution in [2.45, 2.75) is 27.3 Å². The molecule has 0 saturated carbocycles. The lowest BCUT2D eigenvalue weighted by molar-refractivity contribution is -0.151. The second kappa shape index (κ2) is 3.92. The van der Waals surface area contributed by atoms with E-state index in [0.29, 0.717) is 12.2 Å². The van der Waals surface area contributed by atoms with Gasteiger partial charge in [0.05, 0.1) is 30.5 Å². The normalized spacial score (nSPS) is 11.5. The molecule has 0 radical (unpaired) electrons. The zero-order chi connectivity index (χ0) is 11.6. The van der Waals surface area contributed by atoms with Gasteiger partial charge in [0, 0.05) is 6.20 Å². The number of nitrogens with two attached hydrogens (primary N) is 1.